The van der Waals surface area contributed by atoms with Crippen LogP contribution < -0.4 is 18.9 Å². The van der Waals surface area contributed by atoms with Crippen molar-refractivity contribution >= 4 is 17.4 Å². The summed E-state index contributed by atoms with van der Waals surface area (Å²) in [4.78, 5) is 30.6. The van der Waals surface area contributed by atoms with Gasteiger partial charge in [0.15, 0.2) is 23.0 Å². The molecule has 9 heteroatoms. The number of likely N-dealkylation sites (tertiary alicyclic amines) is 1. The minimum atomic E-state index is -0.799. The Balaban J connectivity index is 1.76. The van der Waals surface area contributed by atoms with Crippen LogP contribution in [0.1, 0.15) is 57.2 Å². The van der Waals surface area contributed by atoms with E-state index >= 15 is 0 Å². The number of aliphatic hydroxyl groups is 1. The summed E-state index contributed by atoms with van der Waals surface area (Å²) in [5, 5.41) is 11.5. The Kier molecular flexibility index (Phi) is 9.93. The maximum Gasteiger partial charge on any atom is 0.295 e. The van der Waals surface area contributed by atoms with Crippen molar-refractivity contribution in [3.63, 3.8) is 0 Å². The quantitative estimate of drug-likeness (QED) is 0.164. The zero-order chi connectivity index (χ0) is 28.6. The SMILES string of the molecule is CCCCCOc1ccc(C2/C(=C(\O)c3ccc4c(c3)OCCO4)C(=O)C(=O)N2CCN(CC)CC)cc1OC. The number of aliphatic hydroxyl groups excluding tert-OH is 1. The molecule has 9 nitrogen and oxygen atoms in total. The molecule has 2 aromatic carbocycles. The summed E-state index contributed by atoms with van der Waals surface area (Å²) in [6.45, 7) is 10.2. The summed E-state index contributed by atoms with van der Waals surface area (Å²) in [5.74, 6) is 0.513. The van der Waals surface area contributed by atoms with Crippen LogP contribution in [0.2, 0.25) is 0 Å². The number of carbonyl (C=O) groups is 2. The lowest BCUT2D eigenvalue weighted by atomic mass is 9.94. The van der Waals surface area contributed by atoms with E-state index in [4.69, 9.17) is 18.9 Å². The summed E-state index contributed by atoms with van der Waals surface area (Å²) >= 11 is 0. The number of carbonyl (C=O) groups excluding carboxylic acids is 2. The minimum absolute atomic E-state index is 0.0277. The number of hydrogen-bond donors (Lipinski definition) is 1. The molecule has 2 heterocycles. The number of amides is 1. The number of fused-ring (bicyclic) bond motifs is 1. The number of methoxy groups -OCH3 is 1. The van der Waals surface area contributed by atoms with Gasteiger partial charge in [0.05, 0.1) is 25.3 Å². The number of likely N-dealkylation sites (N-methyl/N-ethyl adjacent to an activating group) is 1. The Labute approximate surface area is 236 Å². The van der Waals surface area contributed by atoms with Crippen molar-refractivity contribution in [2.24, 2.45) is 0 Å². The van der Waals surface area contributed by atoms with Crippen LogP contribution in [0.4, 0.5) is 0 Å². The first-order valence-corrected chi connectivity index (χ1v) is 14.1. The molecule has 0 bridgehead atoms. The summed E-state index contributed by atoms with van der Waals surface area (Å²) in [6.07, 6.45) is 3.10. The first-order chi connectivity index (χ1) is 19.4. The summed E-state index contributed by atoms with van der Waals surface area (Å²) in [5.41, 5.74) is 1.05. The fourth-order valence-corrected chi connectivity index (χ4v) is 5.10. The summed E-state index contributed by atoms with van der Waals surface area (Å²) in [7, 11) is 1.56. The van der Waals surface area contributed by atoms with Crippen LogP contribution in [0.15, 0.2) is 42.0 Å². The molecule has 1 atom stereocenters. The van der Waals surface area contributed by atoms with Gasteiger partial charge in [0.25, 0.3) is 11.7 Å². The van der Waals surface area contributed by atoms with E-state index < -0.39 is 17.7 Å². The van der Waals surface area contributed by atoms with Gasteiger partial charge in [-0.25, -0.2) is 0 Å². The van der Waals surface area contributed by atoms with Crippen LogP contribution in [0.5, 0.6) is 23.0 Å². The standard InChI is InChI=1S/C31H40N2O7/c1-5-8-9-16-38-23-12-10-21(19-25(23)37-4)28-27(30(35)31(36)33(28)15-14-32(6-2)7-3)29(34)22-11-13-24-26(20-22)40-18-17-39-24/h10-13,19-20,28,34H,5-9,14-18H2,1-4H3/b29-27+. The Morgan fingerprint density at radius 1 is 1.00 bits per heavy atom. The third kappa shape index (κ3) is 6.20. The average molecular weight is 553 g/mol. The van der Waals surface area contributed by atoms with Gasteiger partial charge >= 0.3 is 0 Å². The molecular formula is C31H40N2O7. The molecule has 2 aliphatic rings. The zero-order valence-corrected chi connectivity index (χ0v) is 23.9. The molecule has 0 aromatic heterocycles. The second-order valence-corrected chi connectivity index (χ2v) is 9.84. The zero-order valence-electron chi connectivity index (χ0n) is 23.9. The number of Topliss-reactive ketones (excluding diaryl/α,β-unsaturated/α-hetero) is 1. The number of hydrogen-bond acceptors (Lipinski definition) is 8. The maximum atomic E-state index is 13.5. The van der Waals surface area contributed by atoms with E-state index in [1.54, 1.807) is 42.3 Å². The maximum absolute atomic E-state index is 13.5. The van der Waals surface area contributed by atoms with Gasteiger partial charge in [-0.15, -0.1) is 0 Å². The largest absolute Gasteiger partial charge is 0.507 e. The molecule has 0 spiro atoms. The van der Waals surface area contributed by atoms with E-state index in [2.05, 4.69) is 25.7 Å². The highest BCUT2D eigenvalue weighted by Gasteiger charge is 2.46. The molecule has 1 unspecified atom stereocenters. The number of unbranched alkanes of at least 4 members (excludes halogenated alkanes) is 2. The van der Waals surface area contributed by atoms with Gasteiger partial charge in [-0.05, 0) is 55.4 Å². The highest BCUT2D eigenvalue weighted by atomic mass is 16.6. The number of ether oxygens (including phenoxy) is 4. The second kappa shape index (κ2) is 13.6. The molecule has 2 aliphatic heterocycles. The number of ketones is 1. The van der Waals surface area contributed by atoms with Crippen molar-refractivity contribution in [2.75, 3.05) is 53.1 Å². The van der Waals surface area contributed by atoms with Gasteiger partial charge in [-0.3, -0.25) is 9.59 Å². The topological polar surface area (TPSA) is 97.8 Å². The predicted octanol–water partition coefficient (Wildman–Crippen LogP) is 4.80. The van der Waals surface area contributed by atoms with Crippen LogP contribution in [0.25, 0.3) is 5.76 Å². The summed E-state index contributed by atoms with van der Waals surface area (Å²) < 4.78 is 22.9. The smallest absolute Gasteiger partial charge is 0.295 e. The second-order valence-electron chi connectivity index (χ2n) is 9.84. The predicted molar refractivity (Wildman–Crippen MR) is 152 cm³/mol. The van der Waals surface area contributed by atoms with Gasteiger partial charge < -0.3 is 33.9 Å². The summed E-state index contributed by atoms with van der Waals surface area (Å²) in [6, 6.07) is 9.61. The molecule has 40 heavy (non-hydrogen) atoms. The van der Waals surface area contributed by atoms with E-state index in [0.717, 1.165) is 32.4 Å². The lowest BCUT2D eigenvalue weighted by Crippen LogP contribution is -2.38. The van der Waals surface area contributed by atoms with Crippen molar-refractivity contribution in [2.45, 2.75) is 46.1 Å². The van der Waals surface area contributed by atoms with Crippen molar-refractivity contribution in [1.29, 1.82) is 0 Å². The van der Waals surface area contributed by atoms with Crippen LogP contribution in [-0.2, 0) is 9.59 Å². The number of benzene rings is 2. The van der Waals surface area contributed by atoms with Crippen LogP contribution in [0, 0.1) is 0 Å². The lowest BCUT2D eigenvalue weighted by Gasteiger charge is -2.28. The highest BCUT2D eigenvalue weighted by Crippen LogP contribution is 2.43. The Bertz CT molecular complexity index is 1240. The molecule has 4 rings (SSSR count). The first kappa shape index (κ1) is 29.3. The average Bonchev–Trinajstić information content (AvgIpc) is 3.24. The third-order valence-electron chi connectivity index (χ3n) is 7.42. The third-order valence-corrected chi connectivity index (χ3v) is 7.42. The lowest BCUT2D eigenvalue weighted by molar-refractivity contribution is -0.140. The van der Waals surface area contributed by atoms with E-state index in [0.29, 0.717) is 67.0 Å². The van der Waals surface area contributed by atoms with Crippen LogP contribution in [-0.4, -0.2) is 79.7 Å². The molecule has 0 saturated carbocycles. The van der Waals surface area contributed by atoms with Crippen LogP contribution >= 0.6 is 0 Å². The first-order valence-electron chi connectivity index (χ1n) is 14.1. The molecule has 1 amide bonds. The van der Waals surface area contributed by atoms with Gasteiger partial charge in [0, 0.05) is 18.7 Å². The molecule has 1 saturated heterocycles. The van der Waals surface area contributed by atoms with Gasteiger partial charge in [-0.1, -0.05) is 39.7 Å². The van der Waals surface area contributed by atoms with Crippen molar-refractivity contribution in [3.05, 3.63) is 53.1 Å². The normalized spacial score (nSPS) is 17.9. The molecule has 0 radical (unpaired) electrons. The number of rotatable bonds is 13. The minimum Gasteiger partial charge on any atom is -0.507 e. The van der Waals surface area contributed by atoms with Crippen LogP contribution in [0.3, 0.4) is 0 Å². The monoisotopic (exact) mass is 552 g/mol. The molecule has 216 valence electrons. The van der Waals surface area contributed by atoms with Crippen molar-refractivity contribution in [1.82, 2.24) is 9.80 Å². The van der Waals surface area contributed by atoms with Gasteiger partial charge in [-0.2, -0.15) is 0 Å². The molecule has 2 aromatic rings. The van der Waals surface area contributed by atoms with E-state index in [9.17, 15) is 14.7 Å². The van der Waals surface area contributed by atoms with E-state index in [1.165, 1.54) is 0 Å². The number of nitrogens with zero attached hydrogens (tertiary/aromatic N) is 2. The van der Waals surface area contributed by atoms with Crippen molar-refractivity contribution in [3.8, 4) is 23.0 Å². The molecule has 1 N–H and O–H groups in total. The van der Waals surface area contributed by atoms with E-state index in [1.807, 2.05) is 6.07 Å². The highest BCUT2D eigenvalue weighted by molar-refractivity contribution is 6.46. The van der Waals surface area contributed by atoms with E-state index in [-0.39, 0.29) is 11.3 Å². The molecule has 0 aliphatic carbocycles. The Hall–Kier alpha value is -3.72. The molecular weight excluding hydrogens is 512 g/mol. The Morgan fingerprint density at radius 2 is 1.75 bits per heavy atom. The molecule has 1 fully saturated rings. The Morgan fingerprint density at radius 3 is 2.45 bits per heavy atom. The fourth-order valence-electron chi connectivity index (χ4n) is 5.10. The fraction of sp³-hybridized carbons (Fsp3) is 0.484. The van der Waals surface area contributed by atoms with Crippen molar-refractivity contribution < 1.29 is 33.6 Å². The van der Waals surface area contributed by atoms with Gasteiger partial charge in [0.2, 0.25) is 0 Å². The van der Waals surface area contributed by atoms with Gasteiger partial charge in [0.1, 0.15) is 19.0 Å².